The molecule has 5 rings (SSSR count). The quantitative estimate of drug-likeness (QED) is 0.664. The molecule has 7 nitrogen and oxygen atoms in total. The summed E-state index contributed by atoms with van der Waals surface area (Å²) in [6.07, 6.45) is 0. The van der Waals surface area contributed by atoms with Crippen LogP contribution in [0.15, 0.2) is 53.3 Å². The minimum atomic E-state index is -1.36. The molecule has 1 fully saturated rings. The first-order valence-corrected chi connectivity index (χ1v) is 10.6. The van der Waals surface area contributed by atoms with Crippen LogP contribution in [0.3, 0.4) is 0 Å². The average Bonchev–Trinajstić information content (AvgIpc) is 3.29. The SMILES string of the molecule is Cc1c(N2C(=O)CS[C@@]23C(=O)Nc2ccc(Cl)cc23)c(=O)n(-c2ccccc2)n1C. The molecule has 0 saturated carbocycles. The van der Waals surface area contributed by atoms with E-state index in [2.05, 4.69) is 5.32 Å². The fraction of sp³-hybridized carbons (Fsp3) is 0.190. The summed E-state index contributed by atoms with van der Waals surface area (Å²) in [6.45, 7) is 1.77. The minimum Gasteiger partial charge on any atom is -0.323 e. The zero-order valence-electron chi connectivity index (χ0n) is 16.2. The van der Waals surface area contributed by atoms with Gasteiger partial charge >= 0.3 is 0 Å². The molecular weight excluding hydrogens is 424 g/mol. The monoisotopic (exact) mass is 440 g/mol. The van der Waals surface area contributed by atoms with Crippen LogP contribution in [0.1, 0.15) is 11.3 Å². The van der Waals surface area contributed by atoms with Crippen molar-refractivity contribution in [3.8, 4) is 5.69 Å². The van der Waals surface area contributed by atoms with Gasteiger partial charge in [-0.1, -0.05) is 29.8 Å². The van der Waals surface area contributed by atoms with E-state index in [1.54, 1.807) is 36.9 Å². The van der Waals surface area contributed by atoms with E-state index in [0.29, 0.717) is 27.7 Å². The predicted molar refractivity (Wildman–Crippen MR) is 117 cm³/mol. The van der Waals surface area contributed by atoms with Gasteiger partial charge in [0.25, 0.3) is 11.5 Å². The number of halogens is 1. The summed E-state index contributed by atoms with van der Waals surface area (Å²) < 4.78 is 3.20. The molecular formula is C21H17ClN4O3S. The summed E-state index contributed by atoms with van der Waals surface area (Å²) in [6, 6.07) is 14.3. The van der Waals surface area contributed by atoms with E-state index in [4.69, 9.17) is 11.6 Å². The lowest BCUT2D eigenvalue weighted by atomic mass is 10.0. The Morgan fingerprint density at radius 1 is 1.10 bits per heavy atom. The van der Waals surface area contributed by atoms with Gasteiger partial charge in [0, 0.05) is 23.3 Å². The maximum absolute atomic E-state index is 13.6. The van der Waals surface area contributed by atoms with E-state index in [-0.39, 0.29) is 28.8 Å². The van der Waals surface area contributed by atoms with Gasteiger partial charge in [-0.3, -0.25) is 24.0 Å². The Bertz CT molecular complexity index is 1280. The molecule has 1 saturated heterocycles. The zero-order chi connectivity index (χ0) is 21.2. The van der Waals surface area contributed by atoms with E-state index in [1.165, 1.54) is 21.3 Å². The van der Waals surface area contributed by atoms with E-state index in [0.717, 1.165) is 0 Å². The fourth-order valence-corrected chi connectivity index (χ4v) is 5.63. The molecule has 2 aromatic carbocycles. The van der Waals surface area contributed by atoms with Gasteiger partial charge in [0.15, 0.2) is 0 Å². The molecule has 3 heterocycles. The smallest absolute Gasteiger partial charge is 0.295 e. The van der Waals surface area contributed by atoms with Crippen LogP contribution in [0, 0.1) is 6.92 Å². The lowest BCUT2D eigenvalue weighted by Crippen LogP contribution is -2.49. The lowest BCUT2D eigenvalue weighted by molar-refractivity contribution is -0.122. The maximum atomic E-state index is 13.6. The van der Waals surface area contributed by atoms with Crippen LogP contribution in [-0.4, -0.2) is 26.9 Å². The topological polar surface area (TPSA) is 76.3 Å². The number of thioether (sulfide) groups is 1. The number of carbonyl (C=O) groups excluding carboxylic acids is 2. The Morgan fingerprint density at radius 2 is 1.83 bits per heavy atom. The second kappa shape index (κ2) is 6.52. The van der Waals surface area contributed by atoms with Crippen molar-refractivity contribution in [1.82, 2.24) is 9.36 Å². The number of aromatic nitrogens is 2. The van der Waals surface area contributed by atoms with E-state index >= 15 is 0 Å². The van der Waals surface area contributed by atoms with Gasteiger partial charge in [-0.05, 0) is 37.3 Å². The molecule has 152 valence electrons. The Kier molecular flexibility index (Phi) is 4.13. The highest BCUT2D eigenvalue weighted by Gasteiger charge is 2.59. The van der Waals surface area contributed by atoms with Crippen LogP contribution >= 0.6 is 23.4 Å². The molecule has 1 atom stereocenters. The van der Waals surface area contributed by atoms with Gasteiger partial charge in [0.2, 0.25) is 10.8 Å². The molecule has 1 spiro atoms. The van der Waals surface area contributed by atoms with Crippen molar-refractivity contribution in [2.45, 2.75) is 11.8 Å². The Hall–Kier alpha value is -2.97. The summed E-state index contributed by atoms with van der Waals surface area (Å²) in [7, 11) is 1.76. The number of hydrogen-bond acceptors (Lipinski definition) is 4. The summed E-state index contributed by atoms with van der Waals surface area (Å²) >= 11 is 7.41. The largest absolute Gasteiger partial charge is 0.323 e. The Labute approximate surface area is 181 Å². The van der Waals surface area contributed by atoms with Gasteiger partial charge in [-0.25, -0.2) is 4.68 Å². The van der Waals surface area contributed by atoms with Crippen molar-refractivity contribution in [3.05, 3.63) is 75.2 Å². The molecule has 0 unspecified atom stereocenters. The number of nitrogens with one attached hydrogen (secondary N) is 1. The third-order valence-electron chi connectivity index (χ3n) is 5.62. The van der Waals surface area contributed by atoms with Crippen LogP contribution in [0.25, 0.3) is 5.69 Å². The summed E-state index contributed by atoms with van der Waals surface area (Å²) in [5.74, 6) is -0.572. The van der Waals surface area contributed by atoms with Crippen LogP contribution in [0.4, 0.5) is 11.4 Å². The predicted octanol–water partition coefficient (Wildman–Crippen LogP) is 3.02. The van der Waals surface area contributed by atoms with Crippen LogP contribution in [0.2, 0.25) is 5.02 Å². The molecule has 9 heteroatoms. The van der Waals surface area contributed by atoms with Crippen LogP contribution in [0.5, 0.6) is 0 Å². The van der Waals surface area contributed by atoms with Gasteiger partial charge in [0.05, 0.1) is 17.1 Å². The number of hydrogen-bond donors (Lipinski definition) is 1. The minimum absolute atomic E-state index is 0.0818. The Morgan fingerprint density at radius 3 is 2.57 bits per heavy atom. The van der Waals surface area contributed by atoms with Gasteiger partial charge in [0.1, 0.15) is 5.69 Å². The standard InChI is InChI=1S/C21H17ClN4O3S/c1-12-18(19(28)26(24(12)2)14-6-4-3-5-7-14)25-17(27)11-30-21(25)15-10-13(22)8-9-16(15)23-20(21)29/h3-10H,11H2,1-2H3,(H,23,29)/t21-/m0/s1. The van der Waals surface area contributed by atoms with Gasteiger partial charge < -0.3 is 5.32 Å². The van der Waals surface area contributed by atoms with Gasteiger partial charge in [-0.15, -0.1) is 11.8 Å². The van der Waals surface area contributed by atoms with Crippen molar-refractivity contribution in [1.29, 1.82) is 0 Å². The van der Waals surface area contributed by atoms with Crippen molar-refractivity contribution < 1.29 is 9.59 Å². The Balaban J connectivity index is 1.78. The first kappa shape index (κ1) is 19.0. The van der Waals surface area contributed by atoms with Crippen molar-refractivity contribution in [2.75, 3.05) is 16.0 Å². The van der Waals surface area contributed by atoms with E-state index < -0.39 is 4.87 Å². The number of rotatable bonds is 2. The molecule has 3 aromatic rings. The highest BCUT2D eigenvalue weighted by Crippen LogP contribution is 2.54. The number of benzene rings is 2. The summed E-state index contributed by atoms with van der Waals surface area (Å²) in [4.78, 5) is 39.8. The molecule has 2 aliphatic heterocycles. The maximum Gasteiger partial charge on any atom is 0.295 e. The van der Waals surface area contributed by atoms with Crippen molar-refractivity contribution in [2.24, 2.45) is 7.05 Å². The molecule has 30 heavy (non-hydrogen) atoms. The highest BCUT2D eigenvalue weighted by atomic mass is 35.5. The first-order chi connectivity index (χ1) is 14.4. The normalized spacial score (nSPS) is 20.2. The second-order valence-corrected chi connectivity index (χ2v) is 8.82. The summed E-state index contributed by atoms with van der Waals surface area (Å²) in [5.41, 5.74) is 2.27. The number of amides is 2. The zero-order valence-corrected chi connectivity index (χ0v) is 17.8. The third kappa shape index (κ3) is 2.37. The number of carbonyl (C=O) groups is 2. The average molecular weight is 441 g/mol. The van der Waals surface area contributed by atoms with Crippen molar-refractivity contribution >= 4 is 46.6 Å². The van der Waals surface area contributed by atoms with Crippen LogP contribution < -0.4 is 15.8 Å². The fourth-order valence-electron chi connectivity index (χ4n) is 4.17. The number of nitrogens with zero attached hydrogens (tertiary/aromatic N) is 3. The molecule has 0 aliphatic carbocycles. The molecule has 0 bridgehead atoms. The molecule has 2 amide bonds. The molecule has 1 N–H and O–H groups in total. The van der Waals surface area contributed by atoms with Crippen LogP contribution in [-0.2, 0) is 21.5 Å². The van der Waals surface area contributed by atoms with E-state index in [9.17, 15) is 14.4 Å². The van der Waals surface area contributed by atoms with E-state index in [1.807, 2.05) is 30.3 Å². The molecule has 0 radical (unpaired) electrons. The first-order valence-electron chi connectivity index (χ1n) is 9.29. The van der Waals surface area contributed by atoms with Gasteiger partial charge in [-0.2, -0.15) is 0 Å². The highest BCUT2D eigenvalue weighted by molar-refractivity contribution is 8.02. The molecule has 1 aromatic heterocycles. The number of anilines is 2. The summed E-state index contributed by atoms with van der Waals surface area (Å²) in [5, 5.41) is 3.30. The third-order valence-corrected chi connectivity index (χ3v) is 7.25. The number of para-hydroxylation sites is 1. The second-order valence-electron chi connectivity index (χ2n) is 7.22. The van der Waals surface area contributed by atoms with Crippen molar-refractivity contribution in [3.63, 3.8) is 0 Å². The number of fused-ring (bicyclic) bond motifs is 2. The molecule has 2 aliphatic rings. The lowest BCUT2D eigenvalue weighted by Gasteiger charge is -2.31.